The van der Waals surface area contributed by atoms with Crippen LogP contribution in [0, 0.1) is 0 Å². The largest absolute Gasteiger partial charge is 0.493 e. The zero-order valence-corrected chi connectivity index (χ0v) is 23.6. The molecule has 0 fully saturated rings. The Morgan fingerprint density at radius 2 is 1.10 bits per heavy atom. The number of methoxy groups -OCH3 is 4. The van der Waals surface area contributed by atoms with Crippen molar-refractivity contribution in [3.05, 3.63) is 89.4 Å². The van der Waals surface area contributed by atoms with E-state index < -0.39 is 0 Å². The molecule has 0 saturated heterocycles. The first-order valence-corrected chi connectivity index (χ1v) is 13.2. The van der Waals surface area contributed by atoms with Crippen LogP contribution in [0.4, 0.5) is 0 Å². The van der Waals surface area contributed by atoms with Gasteiger partial charge in [-0.05, 0) is 64.4 Å². The summed E-state index contributed by atoms with van der Waals surface area (Å²) < 4.78 is 23.6. The Hall–Kier alpha value is -4.29. The number of aromatic nitrogens is 1. The van der Waals surface area contributed by atoms with Crippen LogP contribution < -0.4 is 18.9 Å². The van der Waals surface area contributed by atoms with Crippen LogP contribution in [0.25, 0.3) is 54.8 Å². The highest BCUT2D eigenvalue weighted by molar-refractivity contribution is 9.10. The molecule has 0 aliphatic carbocycles. The minimum Gasteiger partial charge on any atom is -0.493 e. The highest BCUT2D eigenvalue weighted by Gasteiger charge is 2.19. The van der Waals surface area contributed by atoms with Gasteiger partial charge >= 0.3 is 0 Å². The van der Waals surface area contributed by atoms with Gasteiger partial charge in [0.1, 0.15) is 0 Å². The first-order valence-electron chi connectivity index (χ1n) is 12.5. The third-order valence-electron chi connectivity index (χ3n) is 7.12. The van der Waals surface area contributed by atoms with E-state index in [0.29, 0.717) is 23.0 Å². The molecule has 0 bridgehead atoms. The second-order valence-corrected chi connectivity index (χ2v) is 10.1. The van der Waals surface area contributed by atoms with Gasteiger partial charge in [-0.1, -0.05) is 58.4 Å². The fourth-order valence-electron chi connectivity index (χ4n) is 5.23. The molecule has 6 aromatic rings. The normalized spacial score (nSPS) is 11.2. The van der Waals surface area contributed by atoms with E-state index in [9.17, 15) is 0 Å². The fourth-order valence-corrected chi connectivity index (χ4v) is 5.49. The molecule has 5 nitrogen and oxygen atoms in total. The number of benzene rings is 5. The molecule has 39 heavy (non-hydrogen) atoms. The van der Waals surface area contributed by atoms with Crippen molar-refractivity contribution in [1.82, 2.24) is 4.98 Å². The van der Waals surface area contributed by atoms with E-state index in [4.69, 9.17) is 23.9 Å². The Morgan fingerprint density at radius 1 is 0.513 bits per heavy atom. The summed E-state index contributed by atoms with van der Waals surface area (Å²) in [6.45, 7) is 0. The lowest BCUT2D eigenvalue weighted by Gasteiger charge is -2.17. The summed E-state index contributed by atoms with van der Waals surface area (Å²) in [5, 5.41) is 5.20. The highest BCUT2D eigenvalue weighted by atomic mass is 79.9. The van der Waals surface area contributed by atoms with E-state index >= 15 is 0 Å². The SMILES string of the molecule is COc1ccc(-c2cc3c4cc(OC)c(OC)cc4c(-c4ccc(Br)cc4)nc3c3ccccc23)cc1OC. The van der Waals surface area contributed by atoms with E-state index in [1.54, 1.807) is 28.4 Å². The second kappa shape index (κ2) is 10.1. The maximum atomic E-state index is 5.73. The topological polar surface area (TPSA) is 49.8 Å². The Bertz CT molecular complexity index is 1870. The third kappa shape index (κ3) is 4.21. The molecule has 6 heteroatoms. The van der Waals surface area contributed by atoms with Crippen LogP contribution >= 0.6 is 15.9 Å². The van der Waals surface area contributed by atoms with Crippen molar-refractivity contribution in [3.8, 4) is 45.4 Å². The van der Waals surface area contributed by atoms with Crippen molar-refractivity contribution in [2.24, 2.45) is 0 Å². The van der Waals surface area contributed by atoms with Gasteiger partial charge in [-0.2, -0.15) is 0 Å². The summed E-state index contributed by atoms with van der Waals surface area (Å²) in [4.78, 5) is 5.30. The van der Waals surface area contributed by atoms with E-state index in [2.05, 4.69) is 64.5 Å². The maximum absolute atomic E-state index is 5.73. The molecule has 5 aromatic carbocycles. The number of rotatable bonds is 6. The Labute approximate surface area is 235 Å². The van der Waals surface area contributed by atoms with Gasteiger partial charge in [0.15, 0.2) is 23.0 Å². The van der Waals surface area contributed by atoms with Crippen LogP contribution in [-0.4, -0.2) is 33.4 Å². The standard InChI is InChI=1S/C33H26BrNO4/c1-36-28-14-11-20(15-29(28)37-2)24-16-26-25-17-30(38-3)31(39-4)18-27(25)32(19-9-12-21(34)13-10-19)35-33(26)23-8-6-5-7-22(23)24/h5-18H,1-4H3. The van der Waals surface area contributed by atoms with Gasteiger partial charge in [-0.25, -0.2) is 4.98 Å². The molecule has 0 spiro atoms. The van der Waals surface area contributed by atoms with Crippen molar-refractivity contribution in [3.63, 3.8) is 0 Å². The molecule has 0 unspecified atom stereocenters. The Morgan fingerprint density at radius 3 is 1.77 bits per heavy atom. The predicted molar refractivity (Wildman–Crippen MR) is 162 cm³/mol. The van der Waals surface area contributed by atoms with Gasteiger partial charge in [-0.15, -0.1) is 0 Å². The molecule has 6 rings (SSSR count). The van der Waals surface area contributed by atoms with E-state index in [1.165, 1.54) is 0 Å². The van der Waals surface area contributed by atoms with Crippen molar-refractivity contribution in [2.45, 2.75) is 0 Å². The molecule has 0 radical (unpaired) electrons. The number of pyridine rings is 1. The van der Waals surface area contributed by atoms with Gasteiger partial charge in [0, 0.05) is 26.2 Å². The van der Waals surface area contributed by atoms with Crippen LogP contribution in [0.15, 0.2) is 89.4 Å². The van der Waals surface area contributed by atoms with Crippen LogP contribution in [0.2, 0.25) is 0 Å². The molecule has 0 aliphatic rings. The Kier molecular flexibility index (Phi) is 6.49. The minimum atomic E-state index is 0.658. The average Bonchev–Trinajstić information content (AvgIpc) is 2.99. The fraction of sp³-hybridized carbons (Fsp3) is 0.121. The van der Waals surface area contributed by atoms with E-state index in [0.717, 1.165) is 59.3 Å². The molecule has 0 amide bonds. The zero-order chi connectivity index (χ0) is 27.1. The quantitative estimate of drug-likeness (QED) is 0.185. The molecular weight excluding hydrogens is 554 g/mol. The van der Waals surface area contributed by atoms with Gasteiger partial charge in [0.25, 0.3) is 0 Å². The van der Waals surface area contributed by atoms with Gasteiger partial charge in [0.2, 0.25) is 0 Å². The van der Waals surface area contributed by atoms with Crippen molar-refractivity contribution >= 4 is 48.4 Å². The number of ether oxygens (including phenoxy) is 4. The summed E-state index contributed by atoms with van der Waals surface area (Å²) in [5.74, 6) is 2.69. The summed E-state index contributed by atoms with van der Waals surface area (Å²) in [6.07, 6.45) is 0. The van der Waals surface area contributed by atoms with Gasteiger partial charge < -0.3 is 18.9 Å². The lowest BCUT2D eigenvalue weighted by molar-refractivity contribution is 0.355. The second-order valence-electron chi connectivity index (χ2n) is 9.16. The summed E-state index contributed by atoms with van der Waals surface area (Å²) in [6, 6.07) is 28.9. The van der Waals surface area contributed by atoms with Gasteiger partial charge in [-0.3, -0.25) is 0 Å². The molecule has 0 saturated carbocycles. The molecule has 194 valence electrons. The van der Waals surface area contributed by atoms with Crippen LogP contribution in [0.5, 0.6) is 23.0 Å². The minimum absolute atomic E-state index is 0.658. The molecule has 0 N–H and O–H groups in total. The molecule has 0 aliphatic heterocycles. The Balaban J connectivity index is 1.77. The first-order chi connectivity index (χ1) is 19.1. The average molecular weight is 580 g/mol. The lowest BCUT2D eigenvalue weighted by atomic mass is 9.92. The van der Waals surface area contributed by atoms with Crippen molar-refractivity contribution in [2.75, 3.05) is 28.4 Å². The summed E-state index contributed by atoms with van der Waals surface area (Å²) in [7, 11) is 6.61. The number of hydrogen-bond donors (Lipinski definition) is 0. The molecule has 0 atom stereocenters. The zero-order valence-electron chi connectivity index (χ0n) is 22.0. The third-order valence-corrected chi connectivity index (χ3v) is 7.65. The van der Waals surface area contributed by atoms with Gasteiger partial charge in [0.05, 0.1) is 39.6 Å². The van der Waals surface area contributed by atoms with E-state index in [1.807, 2.05) is 36.4 Å². The number of fused-ring (bicyclic) bond motifs is 5. The first kappa shape index (κ1) is 25.0. The van der Waals surface area contributed by atoms with Crippen molar-refractivity contribution < 1.29 is 18.9 Å². The van der Waals surface area contributed by atoms with Crippen LogP contribution in [0.3, 0.4) is 0 Å². The number of halogens is 1. The number of hydrogen-bond acceptors (Lipinski definition) is 5. The molecular formula is C33H26BrNO4. The summed E-state index contributed by atoms with van der Waals surface area (Å²) in [5.41, 5.74) is 4.93. The molecule has 1 heterocycles. The highest BCUT2D eigenvalue weighted by Crippen LogP contribution is 2.44. The predicted octanol–water partition coefficient (Wildman–Crippen LogP) is 8.67. The molecule has 1 aromatic heterocycles. The lowest BCUT2D eigenvalue weighted by Crippen LogP contribution is -1.96. The number of nitrogens with zero attached hydrogens (tertiary/aromatic N) is 1. The van der Waals surface area contributed by atoms with Crippen molar-refractivity contribution in [1.29, 1.82) is 0 Å². The van der Waals surface area contributed by atoms with Crippen LogP contribution in [-0.2, 0) is 0 Å². The van der Waals surface area contributed by atoms with Crippen LogP contribution in [0.1, 0.15) is 0 Å². The monoisotopic (exact) mass is 579 g/mol. The maximum Gasteiger partial charge on any atom is 0.161 e. The smallest absolute Gasteiger partial charge is 0.161 e. The summed E-state index contributed by atoms with van der Waals surface area (Å²) >= 11 is 3.56. The van der Waals surface area contributed by atoms with E-state index in [-0.39, 0.29) is 0 Å².